The minimum Gasteiger partial charge on any atom is -0.376 e. The third-order valence-electron chi connectivity index (χ3n) is 3.12. The Kier molecular flexibility index (Phi) is 5.01. The highest BCUT2D eigenvalue weighted by Gasteiger charge is 2.23. The fourth-order valence-corrected chi connectivity index (χ4v) is 2.81. The summed E-state index contributed by atoms with van der Waals surface area (Å²) in [5.41, 5.74) is 0. The van der Waals surface area contributed by atoms with Crippen LogP contribution in [0.15, 0.2) is 17.5 Å². The lowest BCUT2D eigenvalue weighted by atomic mass is 10.1. The molecule has 0 spiro atoms. The summed E-state index contributed by atoms with van der Waals surface area (Å²) in [6.07, 6.45) is 3.19. The lowest BCUT2D eigenvalue weighted by Gasteiger charge is -2.20. The maximum absolute atomic E-state index is 11.7. The molecule has 0 aliphatic carbocycles. The van der Waals surface area contributed by atoms with E-state index in [4.69, 9.17) is 4.74 Å². The molecule has 0 radical (unpaired) electrons. The van der Waals surface area contributed by atoms with E-state index in [2.05, 4.69) is 22.1 Å². The fourth-order valence-electron chi connectivity index (χ4n) is 2.10. The number of carbonyl (C=O) groups is 1. The number of carbonyl (C=O) groups excluding carboxylic acids is 1. The molecule has 1 aliphatic heterocycles. The third kappa shape index (κ3) is 3.99. The van der Waals surface area contributed by atoms with Gasteiger partial charge in [0.05, 0.1) is 12.1 Å². The summed E-state index contributed by atoms with van der Waals surface area (Å²) in [7, 11) is 0. The van der Waals surface area contributed by atoms with Crippen LogP contribution in [0.3, 0.4) is 0 Å². The summed E-state index contributed by atoms with van der Waals surface area (Å²) in [5.74, 6) is 0. The van der Waals surface area contributed by atoms with E-state index in [0.717, 1.165) is 25.9 Å². The highest BCUT2D eigenvalue weighted by atomic mass is 32.1. The minimum atomic E-state index is -0.102. The summed E-state index contributed by atoms with van der Waals surface area (Å²) in [4.78, 5) is 13.0. The van der Waals surface area contributed by atoms with Gasteiger partial charge in [0.2, 0.25) is 0 Å². The molecule has 5 heteroatoms. The van der Waals surface area contributed by atoms with Gasteiger partial charge in [0.25, 0.3) is 0 Å². The van der Waals surface area contributed by atoms with Crippen molar-refractivity contribution in [3.63, 3.8) is 0 Å². The van der Waals surface area contributed by atoms with E-state index in [9.17, 15) is 4.79 Å². The molecule has 2 atom stereocenters. The number of nitrogens with one attached hydrogen (secondary N) is 2. The van der Waals surface area contributed by atoms with Crippen LogP contribution in [0.1, 0.15) is 24.6 Å². The molecule has 0 saturated carbocycles. The van der Waals surface area contributed by atoms with Gasteiger partial charge in [0.1, 0.15) is 0 Å². The minimum absolute atomic E-state index is 0.0780. The Balaban J connectivity index is 1.62. The fraction of sp³-hybridized carbons (Fsp3) is 0.615. The van der Waals surface area contributed by atoms with Crippen LogP contribution >= 0.6 is 11.3 Å². The van der Waals surface area contributed by atoms with Gasteiger partial charge >= 0.3 is 6.03 Å². The standard InChI is InChI=1S/C13H20N2O2S/c1-10(12-5-2-8-17-12)15-13(16)14-7-6-11-4-3-9-18-11/h3-4,9-10,12H,2,5-8H2,1H3,(H2,14,15,16)/t10-,12+/m0/s1. The molecule has 1 aromatic rings. The number of hydrogen-bond acceptors (Lipinski definition) is 3. The van der Waals surface area contributed by atoms with Crippen molar-refractivity contribution in [1.82, 2.24) is 10.6 Å². The van der Waals surface area contributed by atoms with Gasteiger partial charge in [-0.25, -0.2) is 4.79 Å². The van der Waals surface area contributed by atoms with E-state index in [0.29, 0.717) is 6.54 Å². The Hall–Kier alpha value is -1.07. The molecule has 0 aromatic carbocycles. The van der Waals surface area contributed by atoms with Crippen LogP contribution in [-0.2, 0) is 11.2 Å². The molecule has 4 nitrogen and oxygen atoms in total. The van der Waals surface area contributed by atoms with E-state index in [1.165, 1.54) is 4.88 Å². The molecule has 0 unspecified atom stereocenters. The molecule has 1 saturated heterocycles. The lowest BCUT2D eigenvalue weighted by molar-refractivity contribution is 0.0860. The van der Waals surface area contributed by atoms with E-state index in [-0.39, 0.29) is 18.2 Å². The van der Waals surface area contributed by atoms with Gasteiger partial charge in [0.15, 0.2) is 0 Å². The summed E-state index contributed by atoms with van der Waals surface area (Å²) in [6, 6.07) is 4.09. The number of thiophene rings is 1. The molecule has 2 amide bonds. The zero-order valence-corrected chi connectivity index (χ0v) is 11.5. The Morgan fingerprint density at radius 3 is 3.22 bits per heavy atom. The predicted molar refractivity (Wildman–Crippen MR) is 73.0 cm³/mol. The van der Waals surface area contributed by atoms with Crippen LogP contribution < -0.4 is 10.6 Å². The largest absolute Gasteiger partial charge is 0.376 e. The topological polar surface area (TPSA) is 50.4 Å². The van der Waals surface area contributed by atoms with Crippen LogP contribution in [-0.4, -0.2) is 31.3 Å². The molecule has 0 bridgehead atoms. The van der Waals surface area contributed by atoms with Crippen LogP contribution in [0.2, 0.25) is 0 Å². The van der Waals surface area contributed by atoms with Crippen LogP contribution in [0.4, 0.5) is 4.79 Å². The van der Waals surface area contributed by atoms with E-state index in [1.54, 1.807) is 11.3 Å². The predicted octanol–water partition coefficient (Wildman–Crippen LogP) is 2.16. The van der Waals surface area contributed by atoms with Crippen LogP contribution in [0, 0.1) is 0 Å². The quantitative estimate of drug-likeness (QED) is 0.859. The van der Waals surface area contributed by atoms with Crippen molar-refractivity contribution in [2.24, 2.45) is 0 Å². The Morgan fingerprint density at radius 1 is 1.67 bits per heavy atom. The van der Waals surface area contributed by atoms with Crippen molar-refractivity contribution in [3.05, 3.63) is 22.4 Å². The van der Waals surface area contributed by atoms with Gasteiger partial charge < -0.3 is 15.4 Å². The second kappa shape index (κ2) is 6.75. The molecular formula is C13H20N2O2S. The molecule has 2 N–H and O–H groups in total. The highest BCUT2D eigenvalue weighted by Crippen LogP contribution is 2.15. The summed E-state index contributed by atoms with van der Waals surface area (Å²) in [6.45, 7) is 3.48. The van der Waals surface area contributed by atoms with E-state index in [1.807, 2.05) is 13.0 Å². The van der Waals surface area contributed by atoms with Crippen molar-refractivity contribution in [2.75, 3.05) is 13.2 Å². The molecule has 1 aliphatic rings. The van der Waals surface area contributed by atoms with Gasteiger partial charge in [-0.2, -0.15) is 0 Å². The van der Waals surface area contributed by atoms with E-state index < -0.39 is 0 Å². The normalized spacial score (nSPS) is 20.6. The van der Waals surface area contributed by atoms with Gasteiger partial charge in [-0.15, -0.1) is 11.3 Å². The Morgan fingerprint density at radius 2 is 2.56 bits per heavy atom. The number of urea groups is 1. The van der Waals surface area contributed by atoms with Crippen LogP contribution in [0.5, 0.6) is 0 Å². The highest BCUT2D eigenvalue weighted by molar-refractivity contribution is 7.09. The molecular weight excluding hydrogens is 248 g/mol. The van der Waals surface area contributed by atoms with Crippen molar-refractivity contribution < 1.29 is 9.53 Å². The number of hydrogen-bond donors (Lipinski definition) is 2. The van der Waals surface area contributed by atoms with Crippen molar-refractivity contribution >= 4 is 17.4 Å². The van der Waals surface area contributed by atoms with Crippen molar-refractivity contribution in [2.45, 2.75) is 38.3 Å². The molecule has 2 heterocycles. The second-order valence-corrected chi connectivity index (χ2v) is 5.60. The van der Waals surface area contributed by atoms with Crippen molar-refractivity contribution in [3.8, 4) is 0 Å². The number of amides is 2. The van der Waals surface area contributed by atoms with Gasteiger partial charge in [-0.05, 0) is 37.6 Å². The average Bonchev–Trinajstić information content (AvgIpc) is 3.02. The Bertz CT molecular complexity index is 361. The van der Waals surface area contributed by atoms with E-state index >= 15 is 0 Å². The molecule has 100 valence electrons. The maximum Gasteiger partial charge on any atom is 0.315 e. The lowest BCUT2D eigenvalue weighted by Crippen LogP contribution is -2.46. The maximum atomic E-state index is 11.7. The van der Waals surface area contributed by atoms with Gasteiger partial charge in [-0.3, -0.25) is 0 Å². The SMILES string of the molecule is C[C@H](NC(=O)NCCc1cccs1)[C@H]1CCCO1. The van der Waals surface area contributed by atoms with Crippen LogP contribution in [0.25, 0.3) is 0 Å². The van der Waals surface area contributed by atoms with Gasteiger partial charge in [0, 0.05) is 18.0 Å². The first-order valence-electron chi connectivity index (χ1n) is 6.44. The number of ether oxygens (including phenoxy) is 1. The zero-order chi connectivity index (χ0) is 12.8. The first-order valence-corrected chi connectivity index (χ1v) is 7.32. The molecule has 18 heavy (non-hydrogen) atoms. The van der Waals surface area contributed by atoms with Crippen molar-refractivity contribution in [1.29, 1.82) is 0 Å². The average molecular weight is 268 g/mol. The first-order chi connectivity index (χ1) is 8.75. The molecule has 1 fully saturated rings. The summed E-state index contributed by atoms with van der Waals surface area (Å²) < 4.78 is 5.54. The zero-order valence-electron chi connectivity index (χ0n) is 10.6. The third-order valence-corrected chi connectivity index (χ3v) is 4.05. The second-order valence-electron chi connectivity index (χ2n) is 4.57. The molecule has 2 rings (SSSR count). The first kappa shape index (κ1) is 13.4. The molecule has 1 aromatic heterocycles. The monoisotopic (exact) mass is 268 g/mol. The smallest absolute Gasteiger partial charge is 0.315 e. The summed E-state index contributed by atoms with van der Waals surface area (Å²) in [5, 5.41) is 7.86. The summed E-state index contributed by atoms with van der Waals surface area (Å²) >= 11 is 1.72. The Labute approximate surface area is 112 Å². The number of rotatable bonds is 5. The van der Waals surface area contributed by atoms with Gasteiger partial charge in [-0.1, -0.05) is 6.07 Å².